The summed E-state index contributed by atoms with van der Waals surface area (Å²) in [6.45, 7) is 3.00. The lowest BCUT2D eigenvalue weighted by atomic mass is 10.6. The Hall–Kier alpha value is -0.870. The molecular weight excluding hydrogens is 124 g/mol. The second-order valence-electron chi connectivity index (χ2n) is 1.19. The van der Waals surface area contributed by atoms with E-state index in [1.165, 1.54) is 0 Å². The van der Waals surface area contributed by atoms with Crippen LogP contribution in [0.2, 0.25) is 0 Å². The summed E-state index contributed by atoms with van der Waals surface area (Å²) in [6.07, 6.45) is 1.02. The van der Waals surface area contributed by atoms with Crippen LogP contribution in [0, 0.1) is 0 Å². The average Bonchev–Trinajstić information content (AvgIpc) is 1.89. The third-order valence-electron chi connectivity index (χ3n) is 0.578. The first-order valence-electron chi connectivity index (χ1n) is 2.35. The first-order chi connectivity index (χ1) is 4.31. The highest BCUT2D eigenvalue weighted by atomic mass is 17.1. The first kappa shape index (κ1) is 8.13. The van der Waals surface area contributed by atoms with Gasteiger partial charge >= 0.3 is 5.97 Å². The highest BCUT2D eigenvalue weighted by molar-refractivity contribution is 5.81. The molecule has 0 fully saturated rings. The minimum Gasteiger partial charge on any atom is -0.460 e. The minimum absolute atomic E-state index is 0.0195. The highest BCUT2D eigenvalue weighted by Gasteiger charge is 1.92. The van der Waals surface area contributed by atoms with Gasteiger partial charge in [0.2, 0.25) is 0 Å². The predicted molar refractivity (Wildman–Crippen MR) is 27.8 cm³/mol. The molecule has 0 rings (SSSR count). The van der Waals surface area contributed by atoms with Crippen molar-refractivity contribution in [3.8, 4) is 0 Å². The maximum atomic E-state index is 10.2. The van der Waals surface area contributed by atoms with E-state index in [2.05, 4.69) is 16.2 Å². The van der Waals surface area contributed by atoms with Crippen molar-refractivity contribution < 1.29 is 19.7 Å². The molecule has 0 aromatic rings. The fourth-order valence-electron chi connectivity index (χ4n) is 0.235. The van der Waals surface area contributed by atoms with E-state index in [-0.39, 0.29) is 13.2 Å². The van der Waals surface area contributed by atoms with E-state index in [1.807, 2.05) is 0 Å². The van der Waals surface area contributed by atoms with E-state index >= 15 is 0 Å². The molecule has 0 saturated heterocycles. The Bertz CT molecular complexity index is 99.1. The summed E-state index contributed by atoms with van der Waals surface area (Å²) in [6, 6.07) is 0. The second-order valence-corrected chi connectivity index (χ2v) is 1.19. The van der Waals surface area contributed by atoms with Crippen LogP contribution in [0.4, 0.5) is 0 Å². The van der Waals surface area contributed by atoms with Gasteiger partial charge in [-0.25, -0.2) is 9.68 Å². The zero-order chi connectivity index (χ0) is 7.11. The molecule has 0 aromatic heterocycles. The molecule has 0 spiro atoms. The minimum atomic E-state index is -0.549. The summed E-state index contributed by atoms with van der Waals surface area (Å²) in [5, 5.41) is 9.28. The number of hydrogen-bond donors (Lipinski definition) is 0. The standard InChI is InChI=1S/C5H7O4/c1-2-5(6)8-3-4-9-7/h2H,1,3-4H2. The van der Waals surface area contributed by atoms with Crippen molar-refractivity contribution in [2.75, 3.05) is 13.2 Å². The topological polar surface area (TPSA) is 55.4 Å². The number of carbonyl (C=O) groups is 1. The van der Waals surface area contributed by atoms with E-state index in [9.17, 15) is 10.1 Å². The van der Waals surface area contributed by atoms with Gasteiger partial charge in [0, 0.05) is 6.08 Å². The maximum Gasteiger partial charge on any atom is 0.330 e. The van der Waals surface area contributed by atoms with Gasteiger partial charge in [-0.3, -0.25) is 0 Å². The van der Waals surface area contributed by atoms with Gasteiger partial charge in [0.15, 0.2) is 0 Å². The van der Waals surface area contributed by atoms with Crippen LogP contribution in [0.1, 0.15) is 0 Å². The van der Waals surface area contributed by atoms with Crippen molar-refractivity contribution in [3.63, 3.8) is 0 Å². The van der Waals surface area contributed by atoms with Gasteiger partial charge in [0.25, 0.3) is 0 Å². The van der Waals surface area contributed by atoms with Crippen LogP contribution in [0.15, 0.2) is 12.7 Å². The fourth-order valence-corrected chi connectivity index (χ4v) is 0.235. The summed E-state index contributed by atoms with van der Waals surface area (Å²) < 4.78 is 4.35. The SMILES string of the molecule is C=CC(=O)OCCO[O]. The molecule has 0 saturated carbocycles. The number of ether oxygens (including phenoxy) is 1. The van der Waals surface area contributed by atoms with E-state index in [4.69, 9.17) is 0 Å². The quantitative estimate of drug-likeness (QED) is 0.178. The molecular formula is C5H7O4. The van der Waals surface area contributed by atoms with Gasteiger partial charge in [-0.15, -0.1) is 0 Å². The van der Waals surface area contributed by atoms with Crippen LogP contribution < -0.4 is 0 Å². The van der Waals surface area contributed by atoms with Crippen molar-refractivity contribution in [2.24, 2.45) is 0 Å². The van der Waals surface area contributed by atoms with Crippen LogP contribution in [-0.2, 0) is 19.7 Å². The Morgan fingerprint density at radius 2 is 2.22 bits per heavy atom. The molecule has 0 atom stereocenters. The molecule has 0 bridgehead atoms. The van der Waals surface area contributed by atoms with Gasteiger partial charge in [-0.1, -0.05) is 6.58 Å². The highest BCUT2D eigenvalue weighted by Crippen LogP contribution is 1.78. The zero-order valence-corrected chi connectivity index (χ0v) is 4.83. The Balaban J connectivity index is 3.07. The normalized spacial score (nSPS) is 8.56. The third-order valence-corrected chi connectivity index (χ3v) is 0.578. The van der Waals surface area contributed by atoms with Crippen LogP contribution in [-0.4, -0.2) is 19.2 Å². The first-order valence-corrected chi connectivity index (χ1v) is 2.35. The lowest BCUT2D eigenvalue weighted by Crippen LogP contribution is -2.06. The van der Waals surface area contributed by atoms with Crippen LogP contribution in [0.3, 0.4) is 0 Å². The number of hydrogen-bond acceptors (Lipinski definition) is 3. The van der Waals surface area contributed by atoms with E-state index in [1.54, 1.807) is 0 Å². The summed E-state index contributed by atoms with van der Waals surface area (Å²) >= 11 is 0. The van der Waals surface area contributed by atoms with Crippen LogP contribution in [0.5, 0.6) is 0 Å². The molecule has 0 amide bonds. The largest absolute Gasteiger partial charge is 0.460 e. The summed E-state index contributed by atoms with van der Waals surface area (Å²) in [5.74, 6) is -0.549. The molecule has 0 unspecified atom stereocenters. The van der Waals surface area contributed by atoms with Crippen molar-refractivity contribution in [1.29, 1.82) is 0 Å². The Labute approximate surface area is 52.6 Å². The van der Waals surface area contributed by atoms with Crippen LogP contribution >= 0.6 is 0 Å². The molecule has 4 heteroatoms. The molecule has 0 aliphatic carbocycles. The van der Waals surface area contributed by atoms with E-state index in [0.29, 0.717) is 0 Å². The molecule has 0 N–H and O–H groups in total. The molecule has 51 valence electrons. The third kappa shape index (κ3) is 4.99. The summed E-state index contributed by atoms with van der Waals surface area (Å²) in [4.78, 5) is 13.6. The van der Waals surface area contributed by atoms with Crippen molar-refractivity contribution in [2.45, 2.75) is 0 Å². The van der Waals surface area contributed by atoms with Gasteiger partial charge in [-0.05, 0) is 5.26 Å². The number of esters is 1. The monoisotopic (exact) mass is 131 g/mol. The van der Waals surface area contributed by atoms with Gasteiger partial charge in [-0.2, -0.15) is 0 Å². The summed E-state index contributed by atoms with van der Waals surface area (Å²) in [7, 11) is 0. The number of rotatable bonds is 4. The molecule has 9 heavy (non-hydrogen) atoms. The lowest BCUT2D eigenvalue weighted by molar-refractivity contribution is -0.307. The molecule has 0 aromatic carbocycles. The van der Waals surface area contributed by atoms with Crippen LogP contribution in [0.25, 0.3) is 0 Å². The predicted octanol–water partition coefficient (Wildman–Crippen LogP) is 0.0777. The zero-order valence-electron chi connectivity index (χ0n) is 4.83. The van der Waals surface area contributed by atoms with Crippen molar-refractivity contribution in [3.05, 3.63) is 12.7 Å². The van der Waals surface area contributed by atoms with Gasteiger partial charge < -0.3 is 4.74 Å². The number of carbonyl (C=O) groups excluding carboxylic acids is 1. The maximum absolute atomic E-state index is 10.2. The van der Waals surface area contributed by atoms with Gasteiger partial charge in [0.1, 0.15) is 13.2 Å². The Morgan fingerprint density at radius 3 is 2.67 bits per heavy atom. The summed E-state index contributed by atoms with van der Waals surface area (Å²) in [5.41, 5.74) is 0. The molecule has 4 nitrogen and oxygen atoms in total. The van der Waals surface area contributed by atoms with E-state index in [0.717, 1.165) is 6.08 Å². The van der Waals surface area contributed by atoms with Crippen molar-refractivity contribution in [1.82, 2.24) is 0 Å². The smallest absolute Gasteiger partial charge is 0.330 e. The van der Waals surface area contributed by atoms with E-state index < -0.39 is 5.97 Å². The van der Waals surface area contributed by atoms with Gasteiger partial charge in [0.05, 0.1) is 0 Å². The second kappa shape index (κ2) is 5.27. The lowest BCUT2D eigenvalue weighted by Gasteiger charge is -1.95. The molecule has 0 aliphatic heterocycles. The van der Waals surface area contributed by atoms with Crippen molar-refractivity contribution >= 4 is 5.97 Å². The Kier molecular flexibility index (Phi) is 4.76. The Morgan fingerprint density at radius 1 is 1.56 bits per heavy atom. The molecule has 0 heterocycles. The average molecular weight is 131 g/mol. The molecule has 1 radical (unpaired) electrons. The molecule has 0 aliphatic rings. The fraction of sp³-hybridized carbons (Fsp3) is 0.400.